The minimum Gasteiger partial charge on any atom is -0.486 e. The van der Waals surface area contributed by atoms with Crippen LogP contribution >= 0.6 is 0 Å². The van der Waals surface area contributed by atoms with Gasteiger partial charge in [-0.25, -0.2) is 0 Å². The van der Waals surface area contributed by atoms with Gasteiger partial charge < -0.3 is 14.2 Å². The summed E-state index contributed by atoms with van der Waals surface area (Å²) < 4.78 is 52.6. The van der Waals surface area contributed by atoms with Crippen LogP contribution in [0, 0.1) is 0 Å². The normalized spacial score (nSPS) is 13.5. The molecule has 1 aliphatic heterocycles. The molecule has 0 saturated carbocycles. The fraction of sp³-hybridized carbons (Fsp3) is 0.176. The number of fused-ring (bicyclic) bond motifs is 1. The van der Waals surface area contributed by atoms with E-state index in [1.807, 2.05) is 0 Å². The minimum absolute atomic E-state index is 0.267. The van der Waals surface area contributed by atoms with Gasteiger partial charge in [-0.15, -0.1) is 13.2 Å². The molecular formula is C17H13F3O3. The first-order valence-corrected chi connectivity index (χ1v) is 6.88. The van der Waals surface area contributed by atoms with Crippen molar-refractivity contribution in [2.24, 2.45) is 0 Å². The van der Waals surface area contributed by atoms with Crippen LogP contribution in [0.15, 0.2) is 43.0 Å². The molecule has 2 aromatic rings. The van der Waals surface area contributed by atoms with Crippen molar-refractivity contribution >= 4 is 6.08 Å². The summed E-state index contributed by atoms with van der Waals surface area (Å²) in [6.07, 6.45) is -3.45. The van der Waals surface area contributed by atoms with Crippen molar-refractivity contribution in [2.45, 2.75) is 6.36 Å². The Hall–Kier alpha value is -2.63. The van der Waals surface area contributed by atoms with Gasteiger partial charge in [-0.2, -0.15) is 0 Å². The van der Waals surface area contributed by atoms with Crippen LogP contribution in [0.25, 0.3) is 17.2 Å². The van der Waals surface area contributed by atoms with E-state index in [9.17, 15) is 13.2 Å². The second-order valence-corrected chi connectivity index (χ2v) is 4.86. The molecule has 0 amide bonds. The Morgan fingerprint density at radius 2 is 1.61 bits per heavy atom. The summed E-state index contributed by atoms with van der Waals surface area (Å²) in [5.41, 5.74) is 1.55. The van der Waals surface area contributed by atoms with Crippen LogP contribution in [-0.2, 0) is 0 Å². The Morgan fingerprint density at radius 1 is 0.957 bits per heavy atom. The molecular weight excluding hydrogens is 309 g/mol. The monoisotopic (exact) mass is 322 g/mol. The molecule has 0 radical (unpaired) electrons. The molecule has 2 aromatic carbocycles. The van der Waals surface area contributed by atoms with Gasteiger partial charge in [0, 0.05) is 5.56 Å². The molecule has 0 saturated heterocycles. The van der Waals surface area contributed by atoms with Gasteiger partial charge in [0.2, 0.25) is 0 Å². The third kappa shape index (κ3) is 3.41. The average Bonchev–Trinajstić information content (AvgIpc) is 2.53. The van der Waals surface area contributed by atoms with Crippen LogP contribution in [0.2, 0.25) is 0 Å². The number of ether oxygens (including phenoxy) is 3. The average molecular weight is 322 g/mol. The third-order valence-corrected chi connectivity index (χ3v) is 3.33. The molecule has 0 N–H and O–H groups in total. The molecule has 3 nitrogen and oxygen atoms in total. The third-order valence-electron chi connectivity index (χ3n) is 3.33. The highest BCUT2D eigenvalue weighted by Gasteiger charge is 2.32. The van der Waals surface area contributed by atoms with Crippen molar-refractivity contribution in [3.8, 4) is 28.4 Å². The number of hydrogen-bond acceptors (Lipinski definition) is 3. The highest BCUT2D eigenvalue weighted by molar-refractivity contribution is 5.71. The molecule has 1 aliphatic rings. The fourth-order valence-corrected chi connectivity index (χ4v) is 2.32. The molecule has 120 valence electrons. The van der Waals surface area contributed by atoms with Gasteiger partial charge in [0.25, 0.3) is 0 Å². The highest BCUT2D eigenvalue weighted by Crippen LogP contribution is 2.37. The zero-order chi connectivity index (χ0) is 16.4. The molecule has 0 aliphatic carbocycles. The second kappa shape index (κ2) is 5.87. The maximum atomic E-state index is 12.5. The van der Waals surface area contributed by atoms with E-state index < -0.39 is 6.36 Å². The summed E-state index contributed by atoms with van der Waals surface area (Å²) in [4.78, 5) is 0. The standard InChI is InChI=1S/C17H13F3O3/c1-2-11-3-4-12(9-15(11)23-17(18,19)20)13-5-6-14-16(10-13)22-8-7-21-14/h2-6,9-10H,1,7-8H2. The van der Waals surface area contributed by atoms with Crippen molar-refractivity contribution in [1.82, 2.24) is 0 Å². The van der Waals surface area contributed by atoms with Crippen molar-refractivity contribution in [3.05, 3.63) is 48.5 Å². The molecule has 6 heteroatoms. The lowest BCUT2D eigenvalue weighted by atomic mass is 10.0. The summed E-state index contributed by atoms with van der Waals surface area (Å²) in [7, 11) is 0. The minimum atomic E-state index is -4.76. The van der Waals surface area contributed by atoms with E-state index >= 15 is 0 Å². The maximum absolute atomic E-state index is 12.5. The number of benzene rings is 2. The van der Waals surface area contributed by atoms with Gasteiger partial charge >= 0.3 is 6.36 Å². The Morgan fingerprint density at radius 3 is 2.30 bits per heavy atom. The van der Waals surface area contributed by atoms with E-state index in [1.54, 1.807) is 24.3 Å². The fourth-order valence-electron chi connectivity index (χ4n) is 2.32. The molecule has 0 atom stereocenters. The van der Waals surface area contributed by atoms with Gasteiger partial charge in [-0.1, -0.05) is 30.9 Å². The molecule has 0 spiro atoms. The predicted octanol–water partition coefficient (Wildman–Crippen LogP) is 4.67. The van der Waals surface area contributed by atoms with Crippen LogP contribution in [-0.4, -0.2) is 19.6 Å². The largest absolute Gasteiger partial charge is 0.573 e. The number of halogens is 3. The van der Waals surface area contributed by atoms with Gasteiger partial charge in [-0.05, 0) is 29.3 Å². The van der Waals surface area contributed by atoms with E-state index in [4.69, 9.17) is 9.47 Å². The number of hydrogen-bond donors (Lipinski definition) is 0. The van der Waals surface area contributed by atoms with E-state index in [2.05, 4.69) is 11.3 Å². The maximum Gasteiger partial charge on any atom is 0.573 e. The summed E-state index contributed by atoms with van der Waals surface area (Å²) in [6.45, 7) is 4.41. The molecule has 3 rings (SSSR count). The van der Waals surface area contributed by atoms with Crippen LogP contribution in [0.3, 0.4) is 0 Å². The Kier molecular flexibility index (Phi) is 3.90. The lowest BCUT2D eigenvalue weighted by molar-refractivity contribution is -0.274. The molecule has 0 unspecified atom stereocenters. The second-order valence-electron chi connectivity index (χ2n) is 4.86. The Labute approximate surface area is 130 Å². The zero-order valence-electron chi connectivity index (χ0n) is 12.0. The SMILES string of the molecule is C=Cc1ccc(-c2ccc3c(c2)OCCO3)cc1OC(F)(F)F. The summed E-state index contributed by atoms with van der Waals surface area (Å²) in [6, 6.07) is 9.78. The number of rotatable bonds is 3. The first-order valence-electron chi connectivity index (χ1n) is 6.88. The summed E-state index contributed by atoms with van der Waals surface area (Å²) in [5.74, 6) is 0.897. The van der Waals surface area contributed by atoms with Gasteiger partial charge in [0.15, 0.2) is 11.5 Å². The highest BCUT2D eigenvalue weighted by atomic mass is 19.4. The van der Waals surface area contributed by atoms with Gasteiger partial charge in [0.05, 0.1) is 0 Å². The molecule has 0 fully saturated rings. The van der Waals surface area contributed by atoms with E-state index in [-0.39, 0.29) is 11.3 Å². The summed E-state index contributed by atoms with van der Waals surface area (Å²) >= 11 is 0. The van der Waals surface area contributed by atoms with Gasteiger partial charge in [-0.3, -0.25) is 0 Å². The van der Waals surface area contributed by atoms with Crippen LogP contribution in [0.5, 0.6) is 17.2 Å². The lowest BCUT2D eigenvalue weighted by Gasteiger charge is -2.19. The topological polar surface area (TPSA) is 27.7 Å². The van der Waals surface area contributed by atoms with Gasteiger partial charge in [0.1, 0.15) is 19.0 Å². The van der Waals surface area contributed by atoms with Crippen molar-refractivity contribution in [1.29, 1.82) is 0 Å². The zero-order valence-corrected chi connectivity index (χ0v) is 12.0. The van der Waals surface area contributed by atoms with Crippen LogP contribution in [0.4, 0.5) is 13.2 Å². The quantitative estimate of drug-likeness (QED) is 0.822. The smallest absolute Gasteiger partial charge is 0.486 e. The number of alkyl halides is 3. The lowest BCUT2D eigenvalue weighted by Crippen LogP contribution is -2.17. The summed E-state index contributed by atoms with van der Waals surface area (Å²) in [5, 5.41) is 0. The molecule has 23 heavy (non-hydrogen) atoms. The van der Waals surface area contributed by atoms with Crippen molar-refractivity contribution in [2.75, 3.05) is 13.2 Å². The predicted molar refractivity (Wildman–Crippen MR) is 79.6 cm³/mol. The van der Waals surface area contributed by atoms with Crippen molar-refractivity contribution in [3.63, 3.8) is 0 Å². The van der Waals surface area contributed by atoms with Crippen LogP contribution < -0.4 is 14.2 Å². The van der Waals surface area contributed by atoms with E-state index in [1.165, 1.54) is 18.2 Å². The first kappa shape index (κ1) is 15.3. The van der Waals surface area contributed by atoms with E-state index in [0.717, 1.165) is 0 Å². The van der Waals surface area contributed by atoms with E-state index in [0.29, 0.717) is 35.8 Å². The molecule has 1 heterocycles. The first-order chi connectivity index (χ1) is 11.0. The Bertz CT molecular complexity index is 738. The van der Waals surface area contributed by atoms with Crippen molar-refractivity contribution < 1.29 is 27.4 Å². The Balaban J connectivity index is 1.99. The molecule has 0 aromatic heterocycles. The molecule has 0 bridgehead atoms. The van der Waals surface area contributed by atoms with Crippen LogP contribution in [0.1, 0.15) is 5.56 Å².